The Balaban J connectivity index is 2.68. The average molecular weight is 223 g/mol. The third-order valence-electron chi connectivity index (χ3n) is 2.17. The van der Waals surface area contributed by atoms with Crippen LogP contribution < -0.4 is 11.1 Å². The number of nitro benzene ring substituents is 1. The maximum absolute atomic E-state index is 10.7. The van der Waals surface area contributed by atoms with E-state index in [1.807, 2.05) is 0 Å². The van der Waals surface area contributed by atoms with Crippen molar-refractivity contribution in [3.8, 4) is 0 Å². The summed E-state index contributed by atoms with van der Waals surface area (Å²) in [5.74, 6) is 0.559. The number of nitrogens with two attached hydrogens (primary N) is 1. The van der Waals surface area contributed by atoms with Crippen LogP contribution in [0.2, 0.25) is 0 Å². The maximum Gasteiger partial charge on any atom is 0.292 e. The second-order valence-electron chi connectivity index (χ2n) is 4.18. The summed E-state index contributed by atoms with van der Waals surface area (Å²) in [5.41, 5.74) is 6.56. The Labute approximate surface area is 94.8 Å². The Morgan fingerprint density at radius 2 is 2.19 bits per heavy atom. The molecule has 1 aromatic carbocycles. The van der Waals surface area contributed by atoms with Crippen molar-refractivity contribution in [3.63, 3.8) is 0 Å². The zero-order valence-corrected chi connectivity index (χ0v) is 9.56. The fraction of sp³-hybridized carbons (Fsp3) is 0.455. The van der Waals surface area contributed by atoms with Gasteiger partial charge in [-0.25, -0.2) is 0 Å². The average Bonchev–Trinajstić information content (AvgIpc) is 2.19. The summed E-state index contributed by atoms with van der Waals surface area (Å²) >= 11 is 0. The summed E-state index contributed by atoms with van der Waals surface area (Å²) < 4.78 is 0. The maximum atomic E-state index is 10.7. The van der Waals surface area contributed by atoms with Crippen LogP contribution in [0.15, 0.2) is 18.2 Å². The van der Waals surface area contributed by atoms with Gasteiger partial charge in [-0.15, -0.1) is 0 Å². The molecule has 88 valence electrons. The number of nitrogens with one attached hydrogen (secondary N) is 1. The first-order valence-electron chi connectivity index (χ1n) is 5.24. The molecule has 5 heteroatoms. The Bertz CT molecular complexity index is 377. The molecule has 0 aliphatic heterocycles. The van der Waals surface area contributed by atoms with Crippen LogP contribution in [0.25, 0.3) is 0 Å². The monoisotopic (exact) mass is 223 g/mol. The van der Waals surface area contributed by atoms with Gasteiger partial charge in [0.15, 0.2) is 0 Å². The van der Waals surface area contributed by atoms with Gasteiger partial charge in [-0.1, -0.05) is 19.9 Å². The van der Waals surface area contributed by atoms with Crippen LogP contribution in [0.5, 0.6) is 0 Å². The van der Waals surface area contributed by atoms with Gasteiger partial charge in [0.25, 0.3) is 5.69 Å². The smallest absolute Gasteiger partial charge is 0.292 e. The van der Waals surface area contributed by atoms with Crippen LogP contribution in [-0.4, -0.2) is 11.5 Å². The second kappa shape index (κ2) is 5.46. The molecule has 0 aliphatic carbocycles. The third-order valence-corrected chi connectivity index (χ3v) is 2.17. The molecule has 0 radical (unpaired) electrons. The predicted molar refractivity (Wildman–Crippen MR) is 64.1 cm³/mol. The van der Waals surface area contributed by atoms with Gasteiger partial charge in [-0.05, 0) is 24.1 Å². The minimum atomic E-state index is -0.457. The van der Waals surface area contributed by atoms with E-state index in [1.54, 1.807) is 12.1 Å². The van der Waals surface area contributed by atoms with Crippen LogP contribution in [0.4, 0.5) is 11.4 Å². The molecule has 1 aromatic rings. The highest BCUT2D eigenvalue weighted by Gasteiger charge is 2.11. The highest BCUT2D eigenvalue weighted by atomic mass is 16.6. The van der Waals surface area contributed by atoms with Crippen molar-refractivity contribution < 1.29 is 4.92 Å². The molecule has 0 bridgehead atoms. The van der Waals surface area contributed by atoms with Crippen LogP contribution in [-0.2, 0) is 6.54 Å². The molecule has 0 amide bonds. The molecule has 0 saturated carbocycles. The number of anilines is 1. The first-order chi connectivity index (χ1) is 7.50. The molecule has 0 heterocycles. The van der Waals surface area contributed by atoms with E-state index in [2.05, 4.69) is 19.2 Å². The van der Waals surface area contributed by atoms with Crippen molar-refractivity contribution in [2.45, 2.75) is 20.4 Å². The van der Waals surface area contributed by atoms with Crippen LogP contribution in [0.1, 0.15) is 19.4 Å². The van der Waals surface area contributed by atoms with E-state index in [4.69, 9.17) is 5.73 Å². The van der Waals surface area contributed by atoms with Gasteiger partial charge in [0.05, 0.1) is 4.92 Å². The molecular formula is C11H17N3O2. The summed E-state index contributed by atoms with van der Waals surface area (Å²) in [7, 11) is 0. The zero-order valence-electron chi connectivity index (χ0n) is 9.56. The van der Waals surface area contributed by atoms with Crippen LogP contribution >= 0.6 is 0 Å². The van der Waals surface area contributed by atoms with E-state index in [-0.39, 0.29) is 11.4 Å². The summed E-state index contributed by atoms with van der Waals surface area (Å²) in [6, 6.07) is 4.89. The van der Waals surface area contributed by atoms with E-state index in [0.717, 1.165) is 12.1 Å². The van der Waals surface area contributed by atoms with Crippen molar-refractivity contribution in [1.82, 2.24) is 5.32 Å². The molecular weight excluding hydrogens is 206 g/mol. The fourth-order valence-corrected chi connectivity index (χ4v) is 1.36. The molecule has 3 N–H and O–H groups in total. The summed E-state index contributed by atoms with van der Waals surface area (Å²) in [6.07, 6.45) is 0. The van der Waals surface area contributed by atoms with Gasteiger partial charge in [0, 0.05) is 12.6 Å². The standard InChI is InChI=1S/C11H17N3O2/c1-8(2)6-13-7-9-3-4-10(12)11(5-9)14(15)16/h3-5,8,13H,6-7,12H2,1-2H3. The van der Waals surface area contributed by atoms with E-state index < -0.39 is 4.92 Å². The zero-order chi connectivity index (χ0) is 12.1. The first-order valence-corrected chi connectivity index (χ1v) is 5.24. The summed E-state index contributed by atoms with van der Waals surface area (Å²) in [6.45, 7) is 5.73. The molecule has 0 fully saturated rings. The lowest BCUT2D eigenvalue weighted by atomic mass is 10.1. The fourth-order valence-electron chi connectivity index (χ4n) is 1.36. The number of hydrogen-bond donors (Lipinski definition) is 2. The van der Waals surface area contributed by atoms with Crippen LogP contribution in [0.3, 0.4) is 0 Å². The van der Waals surface area contributed by atoms with Crippen molar-refractivity contribution in [2.24, 2.45) is 5.92 Å². The van der Waals surface area contributed by atoms with Gasteiger partial charge >= 0.3 is 0 Å². The van der Waals surface area contributed by atoms with E-state index >= 15 is 0 Å². The number of nitrogens with zero attached hydrogens (tertiary/aromatic N) is 1. The molecule has 0 atom stereocenters. The number of benzene rings is 1. The highest BCUT2D eigenvalue weighted by molar-refractivity contribution is 5.59. The molecule has 0 unspecified atom stereocenters. The number of nitro groups is 1. The Hall–Kier alpha value is -1.62. The number of hydrogen-bond acceptors (Lipinski definition) is 4. The van der Waals surface area contributed by atoms with Crippen molar-refractivity contribution >= 4 is 11.4 Å². The van der Waals surface area contributed by atoms with Gasteiger partial charge in [-0.3, -0.25) is 10.1 Å². The minimum absolute atomic E-state index is 0.0242. The molecule has 1 rings (SSSR count). The van der Waals surface area contributed by atoms with E-state index in [1.165, 1.54) is 6.07 Å². The van der Waals surface area contributed by atoms with Gasteiger partial charge in [0.2, 0.25) is 0 Å². The molecule has 0 saturated heterocycles. The van der Waals surface area contributed by atoms with Gasteiger partial charge in [-0.2, -0.15) is 0 Å². The largest absolute Gasteiger partial charge is 0.393 e. The lowest BCUT2D eigenvalue weighted by Gasteiger charge is -2.07. The van der Waals surface area contributed by atoms with E-state index in [0.29, 0.717) is 12.5 Å². The minimum Gasteiger partial charge on any atom is -0.393 e. The third kappa shape index (κ3) is 3.51. The lowest BCUT2D eigenvalue weighted by Crippen LogP contribution is -2.19. The quantitative estimate of drug-likeness (QED) is 0.454. The molecule has 0 spiro atoms. The van der Waals surface area contributed by atoms with Crippen molar-refractivity contribution in [3.05, 3.63) is 33.9 Å². The SMILES string of the molecule is CC(C)CNCc1ccc(N)c([N+](=O)[O-])c1. The van der Waals surface area contributed by atoms with Crippen molar-refractivity contribution in [1.29, 1.82) is 0 Å². The number of rotatable bonds is 5. The van der Waals surface area contributed by atoms with Gasteiger partial charge in [0.1, 0.15) is 5.69 Å². The van der Waals surface area contributed by atoms with Gasteiger partial charge < -0.3 is 11.1 Å². The normalized spacial score (nSPS) is 10.7. The summed E-state index contributed by atoms with van der Waals surface area (Å²) in [5, 5.41) is 13.9. The first kappa shape index (κ1) is 12.4. The van der Waals surface area contributed by atoms with E-state index in [9.17, 15) is 10.1 Å². The summed E-state index contributed by atoms with van der Waals surface area (Å²) in [4.78, 5) is 10.2. The van der Waals surface area contributed by atoms with Crippen LogP contribution in [0, 0.1) is 16.0 Å². The topological polar surface area (TPSA) is 81.2 Å². The number of nitrogen functional groups attached to an aromatic ring is 1. The molecule has 0 aliphatic rings. The Morgan fingerprint density at radius 1 is 1.50 bits per heavy atom. The predicted octanol–water partition coefficient (Wildman–Crippen LogP) is 1.92. The molecule has 5 nitrogen and oxygen atoms in total. The molecule has 0 aromatic heterocycles. The Kier molecular flexibility index (Phi) is 4.25. The van der Waals surface area contributed by atoms with Crippen molar-refractivity contribution in [2.75, 3.05) is 12.3 Å². The molecule has 16 heavy (non-hydrogen) atoms. The second-order valence-corrected chi connectivity index (χ2v) is 4.18. The highest BCUT2D eigenvalue weighted by Crippen LogP contribution is 2.22. The Morgan fingerprint density at radius 3 is 2.75 bits per heavy atom. The lowest BCUT2D eigenvalue weighted by molar-refractivity contribution is -0.384.